The van der Waals surface area contributed by atoms with Crippen molar-refractivity contribution in [2.75, 3.05) is 5.32 Å². The Morgan fingerprint density at radius 2 is 2.04 bits per heavy atom. The van der Waals surface area contributed by atoms with Crippen molar-refractivity contribution in [2.45, 2.75) is 20.0 Å². The minimum Gasteiger partial charge on any atom is -0.319 e. The first-order valence-electron chi connectivity index (χ1n) is 7.25. The Kier molecular flexibility index (Phi) is 4.18. The Morgan fingerprint density at radius 1 is 1.22 bits per heavy atom. The van der Waals surface area contributed by atoms with E-state index in [1.165, 1.54) is 18.3 Å². The highest BCUT2D eigenvalue weighted by Crippen LogP contribution is 2.11. The highest BCUT2D eigenvalue weighted by atomic mass is 19.1. The summed E-state index contributed by atoms with van der Waals surface area (Å²) in [5.74, 6) is -0.522. The summed E-state index contributed by atoms with van der Waals surface area (Å²) < 4.78 is 16.5. The number of aromatic nitrogens is 4. The largest absolute Gasteiger partial charge is 0.319 e. The van der Waals surface area contributed by atoms with Gasteiger partial charge in [-0.25, -0.2) is 4.39 Å². The summed E-state index contributed by atoms with van der Waals surface area (Å²) in [6.45, 7) is 3.09. The third kappa shape index (κ3) is 3.63. The second kappa shape index (κ2) is 6.43. The number of hydrogen-bond donors (Lipinski definition) is 1. The molecule has 0 aliphatic carbocycles. The SMILES string of the molecule is CCn1cc(C(=O)Nc2cnn(Cc3cccc(F)c3)c2)cn1. The normalized spacial score (nSPS) is 10.7. The molecule has 1 aromatic carbocycles. The first-order valence-corrected chi connectivity index (χ1v) is 7.25. The fourth-order valence-corrected chi connectivity index (χ4v) is 2.19. The molecule has 118 valence electrons. The van der Waals surface area contributed by atoms with E-state index in [9.17, 15) is 9.18 Å². The summed E-state index contributed by atoms with van der Waals surface area (Å²) >= 11 is 0. The molecule has 2 aromatic heterocycles. The Bertz CT molecular complexity index is 823. The van der Waals surface area contributed by atoms with Crippen LogP contribution in [0.4, 0.5) is 10.1 Å². The van der Waals surface area contributed by atoms with Gasteiger partial charge in [-0.05, 0) is 24.6 Å². The number of halogens is 1. The van der Waals surface area contributed by atoms with Crippen LogP contribution in [-0.2, 0) is 13.1 Å². The minimum atomic E-state index is -0.281. The number of aryl methyl sites for hydroxylation is 1. The maximum absolute atomic E-state index is 13.2. The third-order valence-electron chi connectivity index (χ3n) is 3.34. The molecule has 0 unspecified atom stereocenters. The zero-order valence-corrected chi connectivity index (χ0v) is 12.6. The van der Waals surface area contributed by atoms with Crippen LogP contribution in [-0.4, -0.2) is 25.5 Å². The number of carbonyl (C=O) groups excluding carboxylic acids is 1. The molecule has 3 aromatic rings. The van der Waals surface area contributed by atoms with E-state index in [2.05, 4.69) is 15.5 Å². The van der Waals surface area contributed by atoms with Gasteiger partial charge in [-0.15, -0.1) is 0 Å². The van der Waals surface area contributed by atoms with Crippen LogP contribution in [0.15, 0.2) is 49.1 Å². The molecular formula is C16H16FN5O. The molecule has 6 nitrogen and oxygen atoms in total. The molecule has 23 heavy (non-hydrogen) atoms. The van der Waals surface area contributed by atoms with Crippen LogP contribution in [0.1, 0.15) is 22.8 Å². The molecule has 0 radical (unpaired) electrons. The summed E-state index contributed by atoms with van der Waals surface area (Å²) in [5, 5.41) is 11.0. The molecule has 0 spiro atoms. The van der Waals surface area contributed by atoms with Gasteiger partial charge in [0.2, 0.25) is 0 Å². The van der Waals surface area contributed by atoms with Crippen LogP contribution in [0.5, 0.6) is 0 Å². The van der Waals surface area contributed by atoms with E-state index in [-0.39, 0.29) is 11.7 Å². The summed E-state index contributed by atoms with van der Waals surface area (Å²) in [5.41, 5.74) is 1.87. The van der Waals surface area contributed by atoms with Gasteiger partial charge >= 0.3 is 0 Å². The van der Waals surface area contributed by atoms with Crippen molar-refractivity contribution in [2.24, 2.45) is 0 Å². The lowest BCUT2D eigenvalue weighted by Gasteiger charge is -2.02. The Morgan fingerprint density at radius 3 is 2.78 bits per heavy atom. The fraction of sp³-hybridized carbons (Fsp3) is 0.188. The zero-order valence-electron chi connectivity index (χ0n) is 12.6. The van der Waals surface area contributed by atoms with Crippen molar-refractivity contribution in [1.82, 2.24) is 19.6 Å². The Labute approximate surface area is 132 Å². The second-order valence-corrected chi connectivity index (χ2v) is 5.10. The predicted molar refractivity (Wildman–Crippen MR) is 83.6 cm³/mol. The van der Waals surface area contributed by atoms with E-state index < -0.39 is 0 Å². The first kappa shape index (κ1) is 15.0. The standard InChI is InChI=1S/C16H16FN5O/c1-2-21-10-13(7-18-21)16(23)20-15-8-19-22(11-15)9-12-4-3-5-14(17)6-12/h3-8,10-11H,2,9H2,1H3,(H,20,23). The number of nitrogens with one attached hydrogen (secondary N) is 1. The number of amides is 1. The minimum absolute atomic E-state index is 0.241. The third-order valence-corrected chi connectivity index (χ3v) is 3.34. The molecule has 0 saturated heterocycles. The monoisotopic (exact) mass is 313 g/mol. The second-order valence-electron chi connectivity index (χ2n) is 5.10. The number of benzene rings is 1. The van der Waals surface area contributed by atoms with Crippen molar-refractivity contribution >= 4 is 11.6 Å². The molecule has 0 fully saturated rings. The number of carbonyl (C=O) groups is 1. The van der Waals surface area contributed by atoms with E-state index in [1.54, 1.807) is 34.0 Å². The van der Waals surface area contributed by atoms with Crippen LogP contribution in [0.2, 0.25) is 0 Å². The summed E-state index contributed by atoms with van der Waals surface area (Å²) in [6.07, 6.45) is 6.47. The van der Waals surface area contributed by atoms with Crippen molar-refractivity contribution < 1.29 is 9.18 Å². The Hall–Kier alpha value is -2.96. The maximum Gasteiger partial charge on any atom is 0.258 e. The molecule has 3 rings (SSSR count). The van der Waals surface area contributed by atoms with E-state index in [0.717, 1.165) is 5.56 Å². The van der Waals surface area contributed by atoms with Gasteiger partial charge in [0.1, 0.15) is 5.82 Å². The molecular weight excluding hydrogens is 297 g/mol. The number of anilines is 1. The first-order chi connectivity index (χ1) is 11.1. The van der Waals surface area contributed by atoms with Gasteiger partial charge in [0.25, 0.3) is 5.91 Å². The van der Waals surface area contributed by atoms with Gasteiger partial charge < -0.3 is 5.32 Å². The summed E-state index contributed by atoms with van der Waals surface area (Å²) in [4.78, 5) is 12.1. The molecule has 0 bridgehead atoms. The van der Waals surface area contributed by atoms with Gasteiger partial charge in [0, 0.05) is 18.9 Å². The van der Waals surface area contributed by atoms with Crippen LogP contribution in [0.25, 0.3) is 0 Å². The van der Waals surface area contributed by atoms with E-state index in [1.807, 2.05) is 13.0 Å². The van der Waals surface area contributed by atoms with Crippen LogP contribution >= 0.6 is 0 Å². The van der Waals surface area contributed by atoms with Crippen LogP contribution in [0, 0.1) is 5.82 Å². The van der Waals surface area contributed by atoms with Crippen molar-refractivity contribution in [3.05, 3.63) is 66.0 Å². The highest BCUT2D eigenvalue weighted by molar-refractivity contribution is 6.03. The summed E-state index contributed by atoms with van der Waals surface area (Å²) in [6, 6.07) is 6.33. The number of rotatable bonds is 5. The molecule has 1 amide bonds. The molecule has 7 heteroatoms. The summed E-state index contributed by atoms with van der Waals surface area (Å²) in [7, 11) is 0. The molecule has 2 heterocycles. The number of nitrogens with zero attached hydrogens (tertiary/aromatic N) is 4. The van der Waals surface area contributed by atoms with E-state index in [4.69, 9.17) is 0 Å². The van der Waals surface area contributed by atoms with E-state index in [0.29, 0.717) is 24.3 Å². The quantitative estimate of drug-likeness (QED) is 0.787. The number of hydrogen-bond acceptors (Lipinski definition) is 3. The lowest BCUT2D eigenvalue weighted by Crippen LogP contribution is -2.10. The van der Waals surface area contributed by atoms with Gasteiger partial charge in [-0.2, -0.15) is 10.2 Å². The van der Waals surface area contributed by atoms with Gasteiger partial charge in [-0.1, -0.05) is 12.1 Å². The maximum atomic E-state index is 13.2. The predicted octanol–water partition coefficient (Wildman–Crippen LogP) is 2.54. The lowest BCUT2D eigenvalue weighted by molar-refractivity contribution is 0.102. The lowest BCUT2D eigenvalue weighted by atomic mass is 10.2. The Balaban J connectivity index is 1.66. The topological polar surface area (TPSA) is 64.7 Å². The van der Waals surface area contributed by atoms with Gasteiger partial charge in [0.05, 0.1) is 30.2 Å². The fourth-order valence-electron chi connectivity index (χ4n) is 2.19. The van der Waals surface area contributed by atoms with Gasteiger partial charge in [-0.3, -0.25) is 14.2 Å². The highest BCUT2D eigenvalue weighted by Gasteiger charge is 2.10. The molecule has 0 aliphatic rings. The van der Waals surface area contributed by atoms with Gasteiger partial charge in [0.15, 0.2) is 0 Å². The molecule has 0 atom stereocenters. The smallest absolute Gasteiger partial charge is 0.258 e. The molecule has 0 aliphatic heterocycles. The molecule has 0 saturated carbocycles. The average Bonchev–Trinajstić information content (AvgIpc) is 3.16. The molecule has 1 N–H and O–H groups in total. The van der Waals surface area contributed by atoms with Crippen molar-refractivity contribution in [1.29, 1.82) is 0 Å². The van der Waals surface area contributed by atoms with Crippen LogP contribution in [0.3, 0.4) is 0 Å². The van der Waals surface area contributed by atoms with E-state index >= 15 is 0 Å². The average molecular weight is 313 g/mol. The zero-order chi connectivity index (χ0) is 16.2. The van der Waals surface area contributed by atoms with Crippen molar-refractivity contribution in [3.63, 3.8) is 0 Å². The van der Waals surface area contributed by atoms with Crippen molar-refractivity contribution in [3.8, 4) is 0 Å². The van der Waals surface area contributed by atoms with Crippen LogP contribution < -0.4 is 5.32 Å².